The Morgan fingerprint density at radius 3 is 3.05 bits per heavy atom. The molecule has 0 bridgehead atoms. The van der Waals surface area contributed by atoms with E-state index in [1.165, 1.54) is 0 Å². The van der Waals surface area contributed by atoms with E-state index in [9.17, 15) is 0 Å². The van der Waals surface area contributed by atoms with E-state index in [2.05, 4.69) is 21.8 Å². The maximum absolute atomic E-state index is 5.96. The van der Waals surface area contributed by atoms with E-state index >= 15 is 0 Å². The van der Waals surface area contributed by atoms with Gasteiger partial charge in [-0.15, -0.1) is 0 Å². The fraction of sp³-hybridized carbons (Fsp3) is 0.357. The van der Waals surface area contributed by atoms with Crippen molar-refractivity contribution >= 4 is 17.5 Å². The van der Waals surface area contributed by atoms with E-state index in [-0.39, 0.29) is 6.04 Å². The number of benzene rings is 1. The highest BCUT2D eigenvalue weighted by molar-refractivity contribution is 6.30. The van der Waals surface area contributed by atoms with Gasteiger partial charge < -0.3 is 14.6 Å². The summed E-state index contributed by atoms with van der Waals surface area (Å²) in [5, 5.41) is 4.06. The third-order valence-corrected chi connectivity index (χ3v) is 3.13. The molecule has 0 radical (unpaired) electrons. The molecular formula is C14H18ClN3O. The number of nitrogens with zero attached hydrogens (tertiary/aromatic N) is 2. The van der Waals surface area contributed by atoms with Gasteiger partial charge in [-0.2, -0.15) is 0 Å². The van der Waals surface area contributed by atoms with Gasteiger partial charge in [-0.25, -0.2) is 4.98 Å². The second kappa shape index (κ2) is 6.59. The topological polar surface area (TPSA) is 39.1 Å². The van der Waals surface area contributed by atoms with Gasteiger partial charge in [0, 0.05) is 31.1 Å². The van der Waals surface area contributed by atoms with Crippen LogP contribution in [-0.2, 0) is 11.3 Å². The van der Waals surface area contributed by atoms with Gasteiger partial charge in [0.05, 0.1) is 12.6 Å². The van der Waals surface area contributed by atoms with Crippen molar-refractivity contribution in [3.05, 3.63) is 47.2 Å². The summed E-state index contributed by atoms with van der Waals surface area (Å²) in [4.78, 5) is 4.32. The number of hydrogen-bond acceptors (Lipinski definition) is 3. The largest absolute Gasteiger partial charge is 0.383 e. The van der Waals surface area contributed by atoms with Gasteiger partial charge in [0.15, 0.2) is 0 Å². The summed E-state index contributed by atoms with van der Waals surface area (Å²) in [6, 6.07) is 8.03. The van der Waals surface area contributed by atoms with Crippen LogP contribution in [0.5, 0.6) is 0 Å². The van der Waals surface area contributed by atoms with Crippen LogP contribution < -0.4 is 5.32 Å². The van der Waals surface area contributed by atoms with Crippen LogP contribution in [0.2, 0.25) is 5.02 Å². The summed E-state index contributed by atoms with van der Waals surface area (Å²) >= 11 is 5.96. The molecule has 2 rings (SSSR count). The molecule has 1 aromatic heterocycles. The van der Waals surface area contributed by atoms with Gasteiger partial charge in [0.2, 0.25) is 5.95 Å². The van der Waals surface area contributed by atoms with Crippen LogP contribution in [0.3, 0.4) is 0 Å². The quantitative estimate of drug-likeness (QED) is 0.881. The van der Waals surface area contributed by atoms with Crippen molar-refractivity contribution in [3.63, 3.8) is 0 Å². The van der Waals surface area contributed by atoms with Crippen molar-refractivity contribution in [2.24, 2.45) is 0 Å². The summed E-state index contributed by atoms with van der Waals surface area (Å²) < 4.78 is 7.23. The maximum atomic E-state index is 5.96. The Kier molecular flexibility index (Phi) is 4.82. The first-order valence-corrected chi connectivity index (χ1v) is 6.58. The first kappa shape index (κ1) is 13.9. The number of hydrogen-bond donors (Lipinski definition) is 1. The van der Waals surface area contributed by atoms with Crippen LogP contribution in [0.25, 0.3) is 0 Å². The molecule has 1 heterocycles. The van der Waals surface area contributed by atoms with Crippen LogP contribution in [-0.4, -0.2) is 23.3 Å². The zero-order valence-electron chi connectivity index (χ0n) is 11.1. The fourth-order valence-electron chi connectivity index (χ4n) is 1.96. The molecule has 0 aliphatic carbocycles. The standard InChI is InChI=1S/C14H18ClN3O/c1-11(10-19-2)18-7-6-16-14(18)17-9-12-4-3-5-13(15)8-12/h3-8,11H,9-10H2,1-2H3,(H,16,17). The molecule has 0 amide bonds. The Hall–Kier alpha value is -1.52. The average Bonchev–Trinajstić information content (AvgIpc) is 2.85. The molecule has 4 nitrogen and oxygen atoms in total. The molecule has 0 aliphatic heterocycles. The minimum Gasteiger partial charge on any atom is -0.383 e. The number of halogens is 1. The van der Waals surface area contributed by atoms with Crippen LogP contribution >= 0.6 is 11.6 Å². The Balaban J connectivity index is 2.02. The highest BCUT2D eigenvalue weighted by atomic mass is 35.5. The lowest BCUT2D eigenvalue weighted by Gasteiger charge is -2.16. The zero-order valence-corrected chi connectivity index (χ0v) is 11.9. The molecule has 102 valence electrons. The second-order valence-corrected chi connectivity index (χ2v) is 4.88. The average molecular weight is 280 g/mol. The van der Waals surface area contributed by atoms with Crippen molar-refractivity contribution in [1.29, 1.82) is 0 Å². The summed E-state index contributed by atoms with van der Waals surface area (Å²) in [6.07, 6.45) is 3.73. The van der Waals surface area contributed by atoms with Gasteiger partial charge in [-0.05, 0) is 24.6 Å². The van der Waals surface area contributed by atoms with Gasteiger partial charge in [0.1, 0.15) is 0 Å². The van der Waals surface area contributed by atoms with Crippen molar-refractivity contribution in [1.82, 2.24) is 9.55 Å². The van der Waals surface area contributed by atoms with E-state index in [0.717, 1.165) is 16.5 Å². The third-order valence-electron chi connectivity index (χ3n) is 2.89. The maximum Gasteiger partial charge on any atom is 0.203 e. The van der Waals surface area contributed by atoms with Crippen molar-refractivity contribution in [3.8, 4) is 0 Å². The van der Waals surface area contributed by atoms with Crippen LogP contribution in [0, 0.1) is 0 Å². The predicted molar refractivity (Wildman–Crippen MR) is 77.6 cm³/mol. The number of methoxy groups -OCH3 is 1. The summed E-state index contributed by atoms with van der Waals surface area (Å²) in [5.74, 6) is 0.838. The molecule has 19 heavy (non-hydrogen) atoms. The molecule has 1 atom stereocenters. The molecule has 2 aromatic rings. The Labute approximate surface area is 118 Å². The summed E-state index contributed by atoms with van der Waals surface area (Å²) in [7, 11) is 1.70. The molecule has 0 fully saturated rings. The molecule has 0 saturated heterocycles. The van der Waals surface area contributed by atoms with Gasteiger partial charge in [0.25, 0.3) is 0 Å². The molecule has 1 unspecified atom stereocenters. The lowest BCUT2D eigenvalue weighted by Crippen LogP contribution is -2.14. The van der Waals surface area contributed by atoms with Crippen LogP contribution in [0.1, 0.15) is 18.5 Å². The monoisotopic (exact) mass is 279 g/mol. The van der Waals surface area contributed by atoms with Crippen LogP contribution in [0.15, 0.2) is 36.7 Å². The number of anilines is 1. The number of nitrogens with one attached hydrogen (secondary N) is 1. The van der Waals surface area contributed by atoms with Gasteiger partial charge in [-0.1, -0.05) is 23.7 Å². The van der Waals surface area contributed by atoms with E-state index in [0.29, 0.717) is 13.2 Å². The molecule has 1 N–H and O–H groups in total. The van der Waals surface area contributed by atoms with Crippen molar-refractivity contribution in [2.45, 2.75) is 19.5 Å². The Morgan fingerprint density at radius 1 is 1.47 bits per heavy atom. The Bertz CT molecular complexity index is 527. The molecule has 1 aromatic carbocycles. The number of imidazole rings is 1. The van der Waals surface area contributed by atoms with Gasteiger partial charge in [-0.3, -0.25) is 0 Å². The van der Waals surface area contributed by atoms with E-state index in [1.807, 2.05) is 30.5 Å². The van der Waals surface area contributed by atoms with Crippen molar-refractivity contribution < 1.29 is 4.74 Å². The first-order valence-electron chi connectivity index (χ1n) is 6.21. The highest BCUT2D eigenvalue weighted by Crippen LogP contribution is 2.16. The second-order valence-electron chi connectivity index (χ2n) is 4.45. The first-order chi connectivity index (χ1) is 9.20. The van der Waals surface area contributed by atoms with Crippen LogP contribution in [0.4, 0.5) is 5.95 Å². The third kappa shape index (κ3) is 3.72. The molecular weight excluding hydrogens is 262 g/mol. The smallest absolute Gasteiger partial charge is 0.203 e. The number of aromatic nitrogens is 2. The minimum atomic E-state index is 0.245. The molecule has 0 saturated carbocycles. The van der Waals surface area contributed by atoms with E-state index in [1.54, 1.807) is 13.3 Å². The normalized spacial score (nSPS) is 12.4. The van der Waals surface area contributed by atoms with Gasteiger partial charge >= 0.3 is 0 Å². The zero-order chi connectivity index (χ0) is 13.7. The summed E-state index contributed by atoms with van der Waals surface area (Å²) in [5.41, 5.74) is 1.13. The van der Waals surface area contributed by atoms with E-state index in [4.69, 9.17) is 16.3 Å². The molecule has 5 heteroatoms. The van der Waals surface area contributed by atoms with Crippen molar-refractivity contribution in [2.75, 3.05) is 19.0 Å². The lowest BCUT2D eigenvalue weighted by atomic mass is 10.2. The predicted octanol–water partition coefficient (Wildman–Crippen LogP) is 3.36. The SMILES string of the molecule is COCC(C)n1ccnc1NCc1cccc(Cl)c1. The fourth-order valence-corrected chi connectivity index (χ4v) is 2.17. The highest BCUT2D eigenvalue weighted by Gasteiger charge is 2.09. The molecule has 0 spiro atoms. The lowest BCUT2D eigenvalue weighted by molar-refractivity contribution is 0.163. The van der Waals surface area contributed by atoms with E-state index < -0.39 is 0 Å². The summed E-state index contributed by atoms with van der Waals surface area (Å²) in [6.45, 7) is 3.44. The number of ether oxygens (including phenoxy) is 1. The molecule has 0 aliphatic rings. The number of rotatable bonds is 6. The Morgan fingerprint density at radius 2 is 2.32 bits per heavy atom. The minimum absolute atomic E-state index is 0.245.